The van der Waals surface area contributed by atoms with E-state index in [0.29, 0.717) is 16.9 Å². The Hall–Kier alpha value is -4.41. The van der Waals surface area contributed by atoms with Crippen molar-refractivity contribution in [1.82, 2.24) is 25.1 Å². The Kier molecular flexibility index (Phi) is 4.53. The van der Waals surface area contributed by atoms with Crippen LogP contribution < -0.4 is 11.1 Å². The molecule has 0 bridgehead atoms. The molecule has 2 aromatic carbocycles. The fourth-order valence-corrected chi connectivity index (χ4v) is 2.41. The number of amides is 2. The number of hydrogen-bond acceptors (Lipinski definition) is 7. The molecule has 2 aromatic heterocycles. The number of carbonyl (C=O) groups is 2. The van der Waals surface area contributed by atoms with Gasteiger partial charge in [-0.3, -0.25) is 9.59 Å². The highest BCUT2D eigenvalue weighted by atomic mass is 19.1. The van der Waals surface area contributed by atoms with Gasteiger partial charge in [0.1, 0.15) is 5.82 Å². The zero-order chi connectivity index (χ0) is 20.4. The van der Waals surface area contributed by atoms with Crippen LogP contribution in [0.3, 0.4) is 0 Å². The van der Waals surface area contributed by atoms with E-state index in [0.717, 1.165) is 0 Å². The maximum Gasteiger partial charge on any atom is 0.316 e. The number of hydrogen-bond donors (Lipinski definition) is 2. The van der Waals surface area contributed by atoms with Gasteiger partial charge in [-0.2, -0.15) is 4.98 Å². The van der Waals surface area contributed by atoms with Crippen molar-refractivity contribution in [2.75, 3.05) is 5.32 Å². The first kappa shape index (κ1) is 18.0. The zero-order valence-electron chi connectivity index (χ0n) is 14.6. The molecule has 0 unspecified atom stereocenters. The molecule has 0 aliphatic carbocycles. The van der Waals surface area contributed by atoms with E-state index in [2.05, 4.69) is 25.8 Å². The number of nitrogens with zero attached hydrogens (tertiary/aromatic N) is 5. The van der Waals surface area contributed by atoms with Crippen molar-refractivity contribution in [3.63, 3.8) is 0 Å². The first-order valence-electron chi connectivity index (χ1n) is 8.23. The fraction of sp³-hybridized carbons (Fsp3) is 0. The molecule has 0 aliphatic rings. The Morgan fingerprint density at radius 2 is 1.79 bits per heavy atom. The average Bonchev–Trinajstić information content (AvgIpc) is 3.39. The Bertz CT molecular complexity index is 1180. The van der Waals surface area contributed by atoms with Gasteiger partial charge in [0, 0.05) is 11.3 Å². The summed E-state index contributed by atoms with van der Waals surface area (Å²) in [6, 6.07) is 11.6. The van der Waals surface area contributed by atoms with Gasteiger partial charge in [-0.25, -0.2) is 9.07 Å². The summed E-state index contributed by atoms with van der Waals surface area (Å²) in [6.45, 7) is 0. The lowest BCUT2D eigenvalue weighted by Crippen LogP contribution is -2.13. The maximum atomic E-state index is 13.0. The van der Waals surface area contributed by atoms with Crippen LogP contribution in [0.5, 0.6) is 0 Å². The lowest BCUT2D eigenvalue weighted by Gasteiger charge is -2.02. The van der Waals surface area contributed by atoms with Crippen LogP contribution >= 0.6 is 0 Å². The normalized spacial score (nSPS) is 10.7. The summed E-state index contributed by atoms with van der Waals surface area (Å²) in [7, 11) is 0. The van der Waals surface area contributed by atoms with Crippen molar-refractivity contribution in [2.45, 2.75) is 0 Å². The van der Waals surface area contributed by atoms with Crippen LogP contribution in [0, 0.1) is 5.82 Å². The molecule has 4 aromatic rings. The Balaban J connectivity index is 1.48. The monoisotopic (exact) mass is 393 g/mol. The summed E-state index contributed by atoms with van der Waals surface area (Å²) >= 11 is 0. The second kappa shape index (κ2) is 7.31. The number of anilines is 1. The van der Waals surface area contributed by atoms with Crippen LogP contribution in [-0.2, 0) is 0 Å². The predicted molar refractivity (Wildman–Crippen MR) is 97.5 cm³/mol. The minimum Gasteiger partial charge on any atom is -0.366 e. The molecular weight excluding hydrogens is 381 g/mol. The van der Waals surface area contributed by atoms with Crippen molar-refractivity contribution < 1.29 is 18.5 Å². The number of halogens is 1. The number of rotatable bonds is 5. The van der Waals surface area contributed by atoms with Crippen LogP contribution in [-0.4, -0.2) is 36.9 Å². The molecule has 0 fully saturated rings. The molecule has 0 saturated heterocycles. The zero-order valence-corrected chi connectivity index (χ0v) is 14.6. The molecule has 29 heavy (non-hydrogen) atoms. The van der Waals surface area contributed by atoms with Gasteiger partial charge in [-0.15, -0.1) is 5.10 Å². The van der Waals surface area contributed by atoms with Gasteiger partial charge >= 0.3 is 11.8 Å². The summed E-state index contributed by atoms with van der Waals surface area (Å²) in [6.07, 6.45) is 1.52. The Labute approximate surface area is 162 Å². The third-order valence-electron chi connectivity index (χ3n) is 3.86. The molecule has 0 atom stereocenters. The van der Waals surface area contributed by atoms with Crippen molar-refractivity contribution >= 4 is 17.5 Å². The summed E-state index contributed by atoms with van der Waals surface area (Å²) in [4.78, 5) is 27.3. The van der Waals surface area contributed by atoms with E-state index in [1.807, 2.05) is 0 Å². The van der Waals surface area contributed by atoms with E-state index in [-0.39, 0.29) is 23.2 Å². The van der Waals surface area contributed by atoms with E-state index in [1.54, 1.807) is 0 Å². The van der Waals surface area contributed by atoms with Gasteiger partial charge in [0.2, 0.25) is 11.7 Å². The summed E-state index contributed by atoms with van der Waals surface area (Å²) in [5, 5.41) is 14.1. The fourth-order valence-electron chi connectivity index (χ4n) is 2.41. The second-order valence-corrected chi connectivity index (χ2v) is 5.84. The SMILES string of the molecule is NC(=O)c1ccc(NC(=O)c2nc(-c3cn(-c4ccc(F)cc4)nn3)no2)cc1. The molecule has 4 rings (SSSR count). The van der Waals surface area contributed by atoms with Crippen LogP contribution in [0.25, 0.3) is 17.2 Å². The number of nitrogens with two attached hydrogens (primary N) is 1. The first-order valence-corrected chi connectivity index (χ1v) is 8.23. The predicted octanol–water partition coefficient (Wildman–Crippen LogP) is 1.81. The number of aromatic nitrogens is 5. The van der Waals surface area contributed by atoms with Gasteiger partial charge in [0.05, 0.1) is 11.9 Å². The van der Waals surface area contributed by atoms with Crippen LogP contribution in [0.2, 0.25) is 0 Å². The number of primary amides is 1. The molecule has 2 amide bonds. The molecular formula is C18H12FN7O3. The van der Waals surface area contributed by atoms with E-state index in [4.69, 9.17) is 10.3 Å². The van der Waals surface area contributed by atoms with E-state index in [1.165, 1.54) is 59.4 Å². The third-order valence-corrected chi connectivity index (χ3v) is 3.86. The molecule has 2 heterocycles. The Morgan fingerprint density at radius 3 is 2.48 bits per heavy atom. The van der Waals surface area contributed by atoms with Gasteiger partial charge in [-0.05, 0) is 48.5 Å². The molecule has 11 heteroatoms. The van der Waals surface area contributed by atoms with Crippen molar-refractivity contribution in [3.8, 4) is 17.2 Å². The number of benzene rings is 2. The van der Waals surface area contributed by atoms with Crippen molar-refractivity contribution in [3.05, 3.63) is 72.0 Å². The highest BCUT2D eigenvalue weighted by molar-refractivity contribution is 6.01. The van der Waals surface area contributed by atoms with E-state index in [9.17, 15) is 14.0 Å². The van der Waals surface area contributed by atoms with Gasteiger partial charge in [-0.1, -0.05) is 10.4 Å². The maximum absolute atomic E-state index is 13.0. The molecule has 10 nitrogen and oxygen atoms in total. The van der Waals surface area contributed by atoms with Gasteiger partial charge in [0.25, 0.3) is 0 Å². The van der Waals surface area contributed by atoms with Gasteiger partial charge < -0.3 is 15.6 Å². The molecule has 3 N–H and O–H groups in total. The third kappa shape index (κ3) is 3.83. The van der Waals surface area contributed by atoms with E-state index < -0.39 is 11.8 Å². The minimum absolute atomic E-state index is 0.0626. The smallest absolute Gasteiger partial charge is 0.316 e. The largest absolute Gasteiger partial charge is 0.366 e. The summed E-state index contributed by atoms with van der Waals surface area (Å²) in [5.74, 6) is -1.80. The summed E-state index contributed by atoms with van der Waals surface area (Å²) in [5.41, 5.74) is 6.76. The van der Waals surface area contributed by atoms with E-state index >= 15 is 0 Å². The van der Waals surface area contributed by atoms with Crippen LogP contribution in [0.15, 0.2) is 59.3 Å². The van der Waals surface area contributed by atoms with Crippen LogP contribution in [0.1, 0.15) is 21.0 Å². The number of carbonyl (C=O) groups excluding carboxylic acids is 2. The molecule has 0 saturated carbocycles. The topological polar surface area (TPSA) is 142 Å². The van der Waals surface area contributed by atoms with Crippen LogP contribution in [0.4, 0.5) is 10.1 Å². The van der Waals surface area contributed by atoms with Crippen molar-refractivity contribution in [2.24, 2.45) is 5.73 Å². The average molecular weight is 393 g/mol. The molecule has 0 spiro atoms. The second-order valence-electron chi connectivity index (χ2n) is 5.84. The quantitative estimate of drug-likeness (QED) is 0.526. The highest BCUT2D eigenvalue weighted by Gasteiger charge is 2.18. The Morgan fingerprint density at radius 1 is 1.07 bits per heavy atom. The highest BCUT2D eigenvalue weighted by Crippen LogP contribution is 2.16. The standard InChI is InChI=1S/C18H12FN7O3/c19-11-3-7-13(8-4-11)26-9-14(23-25-26)16-22-18(29-24-16)17(28)21-12-5-1-10(2-6-12)15(20)27/h1-9H,(H2,20,27)(H,21,28). The molecule has 144 valence electrons. The van der Waals surface area contributed by atoms with Crippen molar-refractivity contribution in [1.29, 1.82) is 0 Å². The lowest BCUT2D eigenvalue weighted by atomic mass is 10.2. The van der Waals surface area contributed by atoms with Gasteiger partial charge in [0.15, 0.2) is 5.69 Å². The lowest BCUT2D eigenvalue weighted by molar-refractivity contribution is 0.0979. The summed E-state index contributed by atoms with van der Waals surface area (Å²) < 4.78 is 19.4. The first-order chi connectivity index (χ1) is 14.0. The number of nitrogens with one attached hydrogen (secondary N) is 1. The molecule has 0 aliphatic heterocycles. The molecule has 0 radical (unpaired) electrons. The minimum atomic E-state index is -0.637.